The molecule has 0 aromatic heterocycles. The molecule has 0 saturated carbocycles. The number of hydrogen-bond acceptors (Lipinski definition) is 5. The molecule has 3 rings (SSSR count). The van der Waals surface area contributed by atoms with Crippen LogP contribution < -0.4 is 15.5 Å². The number of nitrogens with one attached hydrogen (secondary N) is 2. The number of hydrogen-bond donors (Lipinski definition) is 2. The molecule has 0 heterocycles. The van der Waals surface area contributed by atoms with Crippen LogP contribution in [0.1, 0.15) is 26.3 Å². The van der Waals surface area contributed by atoms with Crippen LogP contribution in [0, 0.1) is 3.57 Å². The minimum Gasteiger partial charge on any atom is -0.423 e. The normalized spacial score (nSPS) is 10.5. The maximum Gasteiger partial charge on any atom is 0.343 e. The van der Waals surface area contributed by atoms with Crippen LogP contribution in [0.25, 0.3) is 0 Å². The van der Waals surface area contributed by atoms with Crippen molar-refractivity contribution in [1.29, 1.82) is 0 Å². The molecule has 0 atom stereocenters. The molecule has 2 amide bonds. The van der Waals surface area contributed by atoms with Crippen molar-refractivity contribution >= 4 is 46.6 Å². The van der Waals surface area contributed by atoms with Crippen LogP contribution in [0.3, 0.4) is 0 Å². The molecular weight excluding hydrogens is 509 g/mol. The zero-order valence-electron chi connectivity index (χ0n) is 16.2. The Kier molecular flexibility index (Phi) is 7.88. The van der Waals surface area contributed by atoms with Gasteiger partial charge in [-0.15, -0.1) is 0 Å². The molecule has 3 aromatic carbocycles. The summed E-state index contributed by atoms with van der Waals surface area (Å²) in [5.41, 5.74) is 4.02. The molecule has 0 fully saturated rings. The first-order chi connectivity index (χ1) is 15.0. The van der Waals surface area contributed by atoms with Crippen LogP contribution in [0.2, 0.25) is 0 Å². The van der Waals surface area contributed by atoms with Gasteiger partial charge in [0.1, 0.15) is 5.75 Å². The fourth-order valence-electron chi connectivity index (χ4n) is 2.48. The van der Waals surface area contributed by atoms with E-state index in [1.165, 1.54) is 6.21 Å². The van der Waals surface area contributed by atoms with Gasteiger partial charge in [-0.3, -0.25) is 9.59 Å². The van der Waals surface area contributed by atoms with Gasteiger partial charge in [-0.1, -0.05) is 30.3 Å². The third-order valence-corrected chi connectivity index (χ3v) is 4.97. The first-order valence-electron chi connectivity index (χ1n) is 9.25. The Balaban J connectivity index is 1.45. The highest BCUT2D eigenvalue weighted by atomic mass is 127. The summed E-state index contributed by atoms with van der Waals surface area (Å²) < 4.78 is 6.10. The van der Waals surface area contributed by atoms with E-state index in [4.69, 9.17) is 4.74 Å². The molecule has 8 heteroatoms. The molecule has 0 aliphatic heterocycles. The highest BCUT2D eigenvalue weighted by Gasteiger charge is 2.10. The second kappa shape index (κ2) is 11.0. The Morgan fingerprint density at radius 2 is 1.58 bits per heavy atom. The predicted octanol–water partition coefficient (Wildman–Crippen LogP) is 3.39. The average Bonchev–Trinajstić information content (AvgIpc) is 2.79. The summed E-state index contributed by atoms with van der Waals surface area (Å²) in [6, 6.07) is 22.4. The van der Waals surface area contributed by atoms with Crippen molar-refractivity contribution in [2.24, 2.45) is 5.10 Å². The van der Waals surface area contributed by atoms with E-state index in [0.29, 0.717) is 22.4 Å². The minimum absolute atomic E-state index is 0.199. The summed E-state index contributed by atoms with van der Waals surface area (Å²) in [4.78, 5) is 36.0. The number of carbonyl (C=O) groups excluding carboxylic acids is 3. The number of carbonyl (C=O) groups is 3. The van der Waals surface area contributed by atoms with Crippen LogP contribution in [0.4, 0.5) is 0 Å². The summed E-state index contributed by atoms with van der Waals surface area (Å²) in [5, 5.41) is 6.41. The van der Waals surface area contributed by atoms with E-state index >= 15 is 0 Å². The van der Waals surface area contributed by atoms with Gasteiger partial charge in [0.05, 0.1) is 23.9 Å². The van der Waals surface area contributed by atoms with Gasteiger partial charge in [0.15, 0.2) is 0 Å². The number of rotatable bonds is 7. The van der Waals surface area contributed by atoms with Gasteiger partial charge >= 0.3 is 5.97 Å². The number of hydrazone groups is 1. The number of halogens is 1. The zero-order valence-corrected chi connectivity index (χ0v) is 18.4. The molecule has 0 saturated heterocycles. The lowest BCUT2D eigenvalue weighted by atomic mass is 10.2. The van der Waals surface area contributed by atoms with E-state index in [2.05, 4.69) is 38.4 Å². The predicted molar refractivity (Wildman–Crippen MR) is 125 cm³/mol. The standard InChI is InChI=1S/C23H18IN3O4/c24-20-9-5-4-8-19(20)22(29)25-15-21(28)27-26-14-16-10-12-18(13-11-16)31-23(30)17-6-2-1-3-7-17/h1-14H,15H2,(H,25,29)(H,27,28)/b26-14+. The number of amides is 2. The highest BCUT2D eigenvalue weighted by molar-refractivity contribution is 14.1. The van der Waals surface area contributed by atoms with Crippen LogP contribution in [0.15, 0.2) is 84.0 Å². The first-order valence-corrected chi connectivity index (χ1v) is 10.3. The van der Waals surface area contributed by atoms with Gasteiger partial charge in [0.25, 0.3) is 11.8 Å². The highest BCUT2D eigenvalue weighted by Crippen LogP contribution is 2.14. The smallest absolute Gasteiger partial charge is 0.343 e. The van der Waals surface area contributed by atoms with E-state index in [-0.39, 0.29) is 12.5 Å². The molecule has 156 valence electrons. The Morgan fingerprint density at radius 3 is 2.29 bits per heavy atom. The van der Waals surface area contributed by atoms with Gasteiger partial charge in [-0.25, -0.2) is 10.2 Å². The number of esters is 1. The molecule has 0 radical (unpaired) electrons. The summed E-state index contributed by atoms with van der Waals surface area (Å²) >= 11 is 2.06. The number of ether oxygens (including phenoxy) is 1. The Bertz CT molecular complexity index is 1100. The van der Waals surface area contributed by atoms with Gasteiger partial charge in [0, 0.05) is 3.57 Å². The van der Waals surface area contributed by atoms with Crippen molar-refractivity contribution in [2.45, 2.75) is 0 Å². The van der Waals surface area contributed by atoms with Crippen molar-refractivity contribution in [3.05, 3.63) is 99.1 Å². The first kappa shape index (κ1) is 22.2. The van der Waals surface area contributed by atoms with Crippen molar-refractivity contribution in [2.75, 3.05) is 6.54 Å². The summed E-state index contributed by atoms with van der Waals surface area (Å²) in [5.74, 6) is -0.830. The van der Waals surface area contributed by atoms with Gasteiger partial charge in [-0.2, -0.15) is 5.10 Å². The molecular formula is C23H18IN3O4. The van der Waals surface area contributed by atoms with E-state index in [1.807, 2.05) is 18.2 Å². The van der Waals surface area contributed by atoms with Crippen molar-refractivity contribution in [3.8, 4) is 5.75 Å². The summed E-state index contributed by atoms with van der Waals surface area (Å²) in [7, 11) is 0. The quantitative estimate of drug-likeness (QED) is 0.162. The van der Waals surface area contributed by atoms with Gasteiger partial charge < -0.3 is 10.1 Å². The van der Waals surface area contributed by atoms with E-state index < -0.39 is 11.9 Å². The molecule has 0 bridgehead atoms. The molecule has 0 aliphatic rings. The van der Waals surface area contributed by atoms with Gasteiger partial charge in [-0.05, 0) is 76.7 Å². The molecule has 0 aliphatic carbocycles. The van der Waals surface area contributed by atoms with E-state index in [0.717, 1.165) is 3.57 Å². The second-order valence-electron chi connectivity index (χ2n) is 6.28. The van der Waals surface area contributed by atoms with Crippen LogP contribution in [0.5, 0.6) is 5.75 Å². The fourth-order valence-corrected chi connectivity index (χ4v) is 3.11. The van der Waals surface area contributed by atoms with Crippen LogP contribution in [-0.4, -0.2) is 30.5 Å². The third kappa shape index (κ3) is 6.75. The Hall–Kier alpha value is -3.53. The summed E-state index contributed by atoms with van der Waals surface area (Å²) in [6.45, 7) is -0.199. The fraction of sp³-hybridized carbons (Fsp3) is 0.0435. The Morgan fingerprint density at radius 1 is 0.903 bits per heavy atom. The van der Waals surface area contributed by atoms with E-state index in [1.54, 1.807) is 60.7 Å². The number of nitrogens with zero attached hydrogens (tertiary/aromatic N) is 1. The molecule has 7 nitrogen and oxygen atoms in total. The SMILES string of the molecule is O=C(CNC(=O)c1ccccc1I)N/N=C/c1ccc(OC(=O)c2ccccc2)cc1. The maximum absolute atomic E-state index is 12.1. The molecule has 31 heavy (non-hydrogen) atoms. The second-order valence-corrected chi connectivity index (χ2v) is 7.44. The minimum atomic E-state index is -0.455. The maximum atomic E-state index is 12.1. The monoisotopic (exact) mass is 527 g/mol. The van der Waals surface area contributed by atoms with Crippen LogP contribution >= 0.6 is 22.6 Å². The summed E-state index contributed by atoms with van der Waals surface area (Å²) in [6.07, 6.45) is 1.45. The van der Waals surface area contributed by atoms with Crippen molar-refractivity contribution in [1.82, 2.24) is 10.7 Å². The molecule has 3 aromatic rings. The topological polar surface area (TPSA) is 96.9 Å². The van der Waals surface area contributed by atoms with Gasteiger partial charge in [0.2, 0.25) is 0 Å². The molecule has 0 unspecified atom stereocenters. The van der Waals surface area contributed by atoms with Crippen LogP contribution in [-0.2, 0) is 4.79 Å². The zero-order chi connectivity index (χ0) is 22.1. The van der Waals surface area contributed by atoms with Crippen molar-refractivity contribution in [3.63, 3.8) is 0 Å². The number of benzene rings is 3. The van der Waals surface area contributed by atoms with E-state index in [9.17, 15) is 14.4 Å². The largest absolute Gasteiger partial charge is 0.423 e. The Labute approximate surface area is 192 Å². The lowest BCUT2D eigenvalue weighted by molar-refractivity contribution is -0.120. The van der Waals surface area contributed by atoms with Crippen molar-refractivity contribution < 1.29 is 19.1 Å². The average molecular weight is 527 g/mol. The lowest BCUT2D eigenvalue weighted by Crippen LogP contribution is -2.35. The molecule has 0 spiro atoms. The third-order valence-electron chi connectivity index (χ3n) is 4.03. The lowest BCUT2D eigenvalue weighted by Gasteiger charge is -2.06. The molecule has 2 N–H and O–H groups in total.